The molecule has 0 amide bonds. The molecule has 0 radical (unpaired) electrons. The van der Waals surface area contributed by atoms with Gasteiger partial charge in [0.2, 0.25) is 10.0 Å². The Morgan fingerprint density at radius 2 is 2.21 bits per heavy atom. The van der Waals surface area contributed by atoms with Crippen LogP contribution in [0.5, 0.6) is 0 Å². The number of halogens is 1. The monoisotopic (exact) mass is 305 g/mol. The van der Waals surface area contributed by atoms with Crippen molar-refractivity contribution < 1.29 is 13.5 Å². The number of rotatable bonds is 5. The molecule has 0 spiro atoms. The van der Waals surface area contributed by atoms with Crippen LogP contribution in [0.3, 0.4) is 0 Å². The Kier molecular flexibility index (Phi) is 4.29. The molecule has 106 valence electrons. The number of aliphatic hydroxyl groups is 1. The molecule has 1 aliphatic carbocycles. The average molecular weight is 306 g/mol. The molecular weight excluding hydrogens is 290 g/mol. The number of aromatic nitrogens is 1. The molecule has 1 heterocycles. The van der Waals surface area contributed by atoms with Crippen molar-refractivity contribution in [3.05, 3.63) is 17.3 Å². The molecule has 1 aromatic rings. The summed E-state index contributed by atoms with van der Waals surface area (Å²) < 4.78 is 26.3. The standard InChI is InChI=1S/C11H16ClN3O3S/c12-10-6-9(7-14-11(10)13)19(17,18)15(4-5-16)8-2-1-3-8/h6-8,16H,1-5H2,(H2,13,14). The zero-order valence-corrected chi connectivity index (χ0v) is 11.9. The molecule has 3 N–H and O–H groups in total. The Balaban J connectivity index is 2.35. The second kappa shape index (κ2) is 5.62. The summed E-state index contributed by atoms with van der Waals surface area (Å²) >= 11 is 5.81. The fourth-order valence-electron chi connectivity index (χ4n) is 1.98. The van der Waals surface area contributed by atoms with E-state index in [0.717, 1.165) is 19.3 Å². The molecule has 1 saturated carbocycles. The highest BCUT2D eigenvalue weighted by molar-refractivity contribution is 7.89. The van der Waals surface area contributed by atoms with Crippen LogP contribution in [0.25, 0.3) is 0 Å². The van der Waals surface area contributed by atoms with Crippen molar-refractivity contribution in [3.63, 3.8) is 0 Å². The summed E-state index contributed by atoms with van der Waals surface area (Å²) in [5.41, 5.74) is 5.47. The van der Waals surface area contributed by atoms with E-state index in [9.17, 15) is 8.42 Å². The smallest absolute Gasteiger partial charge is 0.244 e. The lowest BCUT2D eigenvalue weighted by Crippen LogP contribution is -2.45. The summed E-state index contributed by atoms with van der Waals surface area (Å²) in [6.07, 6.45) is 3.83. The topological polar surface area (TPSA) is 96.5 Å². The summed E-state index contributed by atoms with van der Waals surface area (Å²) in [7, 11) is -3.69. The van der Waals surface area contributed by atoms with Crippen molar-refractivity contribution in [2.45, 2.75) is 30.2 Å². The number of anilines is 1. The molecule has 1 fully saturated rings. The zero-order chi connectivity index (χ0) is 14.0. The van der Waals surface area contributed by atoms with Crippen LogP contribution in [0.2, 0.25) is 5.02 Å². The van der Waals surface area contributed by atoms with E-state index < -0.39 is 10.0 Å². The maximum Gasteiger partial charge on any atom is 0.244 e. The SMILES string of the molecule is Nc1ncc(S(=O)(=O)N(CCO)C2CCC2)cc1Cl. The molecule has 2 rings (SSSR count). The lowest BCUT2D eigenvalue weighted by atomic mass is 9.93. The summed E-state index contributed by atoms with van der Waals surface area (Å²) in [5.74, 6) is 0.0953. The lowest BCUT2D eigenvalue weighted by molar-refractivity contribution is 0.178. The van der Waals surface area contributed by atoms with E-state index in [2.05, 4.69) is 4.98 Å². The van der Waals surface area contributed by atoms with Crippen LogP contribution in [-0.4, -0.2) is 42.0 Å². The zero-order valence-electron chi connectivity index (χ0n) is 10.3. The highest BCUT2D eigenvalue weighted by Crippen LogP contribution is 2.30. The fourth-order valence-corrected chi connectivity index (χ4v) is 3.86. The number of nitrogens with two attached hydrogens (primary N) is 1. The summed E-state index contributed by atoms with van der Waals surface area (Å²) in [5, 5.41) is 9.16. The molecule has 1 aromatic heterocycles. The summed E-state index contributed by atoms with van der Waals surface area (Å²) in [4.78, 5) is 3.77. The largest absolute Gasteiger partial charge is 0.395 e. The quantitative estimate of drug-likeness (QED) is 0.841. The minimum atomic E-state index is -3.69. The Hall–Kier alpha value is -0.890. The Morgan fingerprint density at radius 1 is 1.53 bits per heavy atom. The molecule has 8 heteroatoms. The van der Waals surface area contributed by atoms with Gasteiger partial charge in [0.1, 0.15) is 10.7 Å². The van der Waals surface area contributed by atoms with Crippen LogP contribution < -0.4 is 5.73 Å². The van der Waals surface area contributed by atoms with Gasteiger partial charge in [-0.05, 0) is 18.9 Å². The van der Waals surface area contributed by atoms with Gasteiger partial charge < -0.3 is 10.8 Å². The van der Waals surface area contributed by atoms with Gasteiger partial charge >= 0.3 is 0 Å². The first-order valence-corrected chi connectivity index (χ1v) is 7.82. The van der Waals surface area contributed by atoms with Crippen LogP contribution in [-0.2, 0) is 10.0 Å². The minimum Gasteiger partial charge on any atom is -0.395 e. The van der Waals surface area contributed by atoms with Gasteiger partial charge in [0.15, 0.2) is 0 Å². The van der Waals surface area contributed by atoms with Crippen LogP contribution in [0.4, 0.5) is 5.82 Å². The molecule has 0 atom stereocenters. The van der Waals surface area contributed by atoms with Gasteiger partial charge in [0.25, 0.3) is 0 Å². The third-order valence-electron chi connectivity index (χ3n) is 3.25. The van der Waals surface area contributed by atoms with E-state index in [0.29, 0.717) is 0 Å². The van der Waals surface area contributed by atoms with Crippen molar-refractivity contribution >= 4 is 27.4 Å². The number of aliphatic hydroxyl groups excluding tert-OH is 1. The molecule has 0 saturated heterocycles. The molecule has 0 unspecified atom stereocenters. The van der Waals surface area contributed by atoms with Crippen molar-refractivity contribution in [1.82, 2.24) is 9.29 Å². The first-order chi connectivity index (χ1) is 8.96. The third kappa shape index (κ3) is 2.84. The number of nitrogens with zero attached hydrogens (tertiary/aromatic N) is 2. The normalized spacial score (nSPS) is 16.6. The highest BCUT2D eigenvalue weighted by Gasteiger charge is 2.34. The van der Waals surface area contributed by atoms with Gasteiger partial charge in [-0.2, -0.15) is 4.31 Å². The van der Waals surface area contributed by atoms with Crippen LogP contribution in [0, 0.1) is 0 Å². The summed E-state index contributed by atoms with van der Waals surface area (Å²) in [6, 6.07) is 1.25. The van der Waals surface area contributed by atoms with Crippen molar-refractivity contribution in [3.8, 4) is 0 Å². The fraction of sp³-hybridized carbons (Fsp3) is 0.545. The predicted molar refractivity (Wildman–Crippen MR) is 72.3 cm³/mol. The van der Waals surface area contributed by atoms with Crippen molar-refractivity contribution in [1.29, 1.82) is 0 Å². The first-order valence-electron chi connectivity index (χ1n) is 6.00. The van der Waals surface area contributed by atoms with Crippen LogP contribution in [0.15, 0.2) is 17.2 Å². The number of hydrogen-bond acceptors (Lipinski definition) is 5. The van der Waals surface area contributed by atoms with Gasteiger partial charge in [-0.3, -0.25) is 0 Å². The predicted octanol–water partition coefficient (Wildman–Crippen LogP) is 0.853. The summed E-state index contributed by atoms with van der Waals surface area (Å²) in [6.45, 7) is -0.138. The Bertz CT molecular complexity index is 560. The molecule has 6 nitrogen and oxygen atoms in total. The van der Waals surface area contributed by atoms with Gasteiger partial charge in [0.05, 0.1) is 11.6 Å². The highest BCUT2D eigenvalue weighted by atomic mass is 35.5. The second-order valence-corrected chi connectivity index (χ2v) is 6.76. The van der Waals surface area contributed by atoms with E-state index in [1.807, 2.05) is 0 Å². The van der Waals surface area contributed by atoms with Crippen molar-refractivity contribution in [2.24, 2.45) is 0 Å². The molecule has 0 bridgehead atoms. The molecule has 19 heavy (non-hydrogen) atoms. The molecule has 1 aliphatic rings. The third-order valence-corrected chi connectivity index (χ3v) is 5.47. The number of hydrogen-bond donors (Lipinski definition) is 2. The van der Waals surface area contributed by atoms with E-state index >= 15 is 0 Å². The van der Waals surface area contributed by atoms with E-state index in [-0.39, 0.29) is 34.9 Å². The maximum atomic E-state index is 12.5. The first kappa shape index (κ1) is 14.5. The number of pyridine rings is 1. The van der Waals surface area contributed by atoms with Gasteiger partial charge in [0, 0.05) is 18.8 Å². The van der Waals surface area contributed by atoms with Gasteiger partial charge in [-0.25, -0.2) is 13.4 Å². The maximum absolute atomic E-state index is 12.5. The Labute approximate surface area is 117 Å². The number of sulfonamides is 1. The lowest BCUT2D eigenvalue weighted by Gasteiger charge is -2.36. The second-order valence-electron chi connectivity index (χ2n) is 4.46. The van der Waals surface area contributed by atoms with Crippen molar-refractivity contribution in [2.75, 3.05) is 18.9 Å². The Morgan fingerprint density at radius 3 is 2.68 bits per heavy atom. The molecule has 0 aromatic carbocycles. The van der Waals surface area contributed by atoms with Gasteiger partial charge in [-0.1, -0.05) is 18.0 Å². The van der Waals surface area contributed by atoms with E-state index in [1.54, 1.807) is 0 Å². The average Bonchev–Trinajstić information content (AvgIpc) is 2.29. The van der Waals surface area contributed by atoms with Crippen LogP contribution in [0.1, 0.15) is 19.3 Å². The number of nitrogen functional groups attached to an aromatic ring is 1. The van der Waals surface area contributed by atoms with Crippen LogP contribution >= 0.6 is 11.6 Å². The van der Waals surface area contributed by atoms with Gasteiger partial charge in [-0.15, -0.1) is 0 Å². The molecule has 0 aliphatic heterocycles. The molecular formula is C11H16ClN3O3S. The van der Waals surface area contributed by atoms with E-state index in [1.165, 1.54) is 16.6 Å². The minimum absolute atomic E-state index is 0.00653. The van der Waals surface area contributed by atoms with E-state index in [4.69, 9.17) is 22.4 Å².